The first kappa shape index (κ1) is 31.1. The largest absolute Gasteiger partial charge is 0.509 e. The van der Waals surface area contributed by atoms with Gasteiger partial charge in [0.05, 0.1) is 6.61 Å². The van der Waals surface area contributed by atoms with Gasteiger partial charge >= 0.3 is 6.16 Å². The first-order valence-electron chi connectivity index (χ1n) is 16.1. The van der Waals surface area contributed by atoms with Crippen LogP contribution in [0.2, 0.25) is 0 Å². The van der Waals surface area contributed by atoms with E-state index < -0.39 is 29.6 Å². The molecule has 13 nitrogen and oxygen atoms in total. The topological polar surface area (TPSA) is 147 Å². The molecule has 13 heteroatoms. The summed E-state index contributed by atoms with van der Waals surface area (Å²) in [5, 5.41) is 18.1. The number of unbranched alkanes of at least 4 members (excludes halogenated alkanes) is 1. The molecule has 5 rings (SSSR count). The number of hydrogen-bond acceptors (Lipinski definition) is 11. The summed E-state index contributed by atoms with van der Waals surface area (Å²) in [6.45, 7) is 7.49. The van der Waals surface area contributed by atoms with Gasteiger partial charge in [0.1, 0.15) is 6.29 Å². The van der Waals surface area contributed by atoms with E-state index in [9.17, 15) is 24.5 Å². The normalized spacial score (nSPS) is 29.6. The fourth-order valence-electron chi connectivity index (χ4n) is 7.53. The lowest BCUT2D eigenvalue weighted by Crippen LogP contribution is -2.62. The van der Waals surface area contributed by atoms with Crippen LogP contribution in [0.25, 0.3) is 0 Å². The van der Waals surface area contributed by atoms with Crippen molar-refractivity contribution in [3.63, 3.8) is 0 Å². The van der Waals surface area contributed by atoms with E-state index in [1.165, 1.54) is 4.90 Å². The van der Waals surface area contributed by atoms with E-state index in [4.69, 9.17) is 9.47 Å². The van der Waals surface area contributed by atoms with Crippen molar-refractivity contribution < 1.29 is 28.8 Å². The van der Waals surface area contributed by atoms with Crippen LogP contribution in [0.4, 0.5) is 4.79 Å². The SMILES string of the molecule is O=C(OCC1CCC([N+](=O)[O-])CC1)OC1C(=O)N(CCCCN2CCN(C3NCCCN3)CC2)C(=O)CC12CCCC2. The van der Waals surface area contributed by atoms with Crippen molar-refractivity contribution in [1.29, 1.82) is 0 Å². The molecule has 2 saturated carbocycles. The van der Waals surface area contributed by atoms with Crippen molar-refractivity contribution in [2.75, 3.05) is 59.0 Å². The van der Waals surface area contributed by atoms with Crippen molar-refractivity contribution in [3.05, 3.63) is 10.1 Å². The molecule has 1 unspecified atom stereocenters. The molecule has 3 heterocycles. The molecule has 2 N–H and O–H groups in total. The fraction of sp³-hybridized carbons (Fsp3) is 0.897. The number of carbonyl (C=O) groups is 3. The fourth-order valence-corrected chi connectivity index (χ4v) is 7.53. The molecule has 5 aliphatic rings. The second-order valence-electron chi connectivity index (χ2n) is 12.9. The van der Waals surface area contributed by atoms with Gasteiger partial charge in [-0.05, 0) is 70.5 Å². The van der Waals surface area contributed by atoms with Crippen LogP contribution in [0.1, 0.15) is 77.0 Å². The average molecular weight is 593 g/mol. The Balaban J connectivity index is 1.06. The lowest BCUT2D eigenvalue weighted by atomic mass is 9.73. The molecule has 3 saturated heterocycles. The van der Waals surface area contributed by atoms with Crippen molar-refractivity contribution in [2.45, 2.75) is 95.5 Å². The maximum atomic E-state index is 13.6. The van der Waals surface area contributed by atoms with Crippen LogP contribution < -0.4 is 10.6 Å². The Morgan fingerprint density at radius 3 is 2.29 bits per heavy atom. The number of hydrogen-bond donors (Lipinski definition) is 2. The van der Waals surface area contributed by atoms with E-state index in [1.807, 2.05) is 0 Å². The summed E-state index contributed by atoms with van der Waals surface area (Å²) in [5.74, 6) is -0.533. The maximum absolute atomic E-state index is 13.6. The van der Waals surface area contributed by atoms with Crippen LogP contribution in [-0.2, 0) is 19.1 Å². The number of imide groups is 1. The van der Waals surface area contributed by atoms with Gasteiger partial charge in [-0.25, -0.2) is 4.79 Å². The van der Waals surface area contributed by atoms with E-state index in [0.717, 1.165) is 71.5 Å². The Morgan fingerprint density at radius 1 is 0.952 bits per heavy atom. The minimum atomic E-state index is -1.01. The molecule has 1 atom stereocenters. The Labute approximate surface area is 248 Å². The summed E-state index contributed by atoms with van der Waals surface area (Å²) in [7, 11) is 0. The summed E-state index contributed by atoms with van der Waals surface area (Å²) < 4.78 is 11.1. The van der Waals surface area contributed by atoms with Crippen molar-refractivity contribution in [3.8, 4) is 0 Å². The van der Waals surface area contributed by atoms with Gasteiger partial charge in [0, 0.05) is 62.3 Å². The molecule has 2 aliphatic carbocycles. The van der Waals surface area contributed by atoms with Crippen LogP contribution in [0.3, 0.4) is 0 Å². The Hall–Kier alpha value is -2.35. The highest BCUT2D eigenvalue weighted by Crippen LogP contribution is 2.48. The zero-order valence-electron chi connectivity index (χ0n) is 24.8. The molecule has 0 bridgehead atoms. The summed E-state index contributed by atoms with van der Waals surface area (Å²) >= 11 is 0. The van der Waals surface area contributed by atoms with Crippen LogP contribution in [0.5, 0.6) is 0 Å². The van der Waals surface area contributed by atoms with Gasteiger partial charge < -0.3 is 14.4 Å². The second-order valence-corrected chi connectivity index (χ2v) is 12.9. The number of carbonyl (C=O) groups excluding carboxylic acids is 3. The number of nitrogens with zero attached hydrogens (tertiary/aromatic N) is 4. The summed E-state index contributed by atoms with van der Waals surface area (Å²) in [6.07, 6.45) is 6.69. The number of likely N-dealkylation sites (tertiary alicyclic amines) is 1. The van der Waals surface area contributed by atoms with Gasteiger partial charge in [-0.3, -0.25) is 40.1 Å². The van der Waals surface area contributed by atoms with Crippen molar-refractivity contribution in [1.82, 2.24) is 25.3 Å². The lowest BCUT2D eigenvalue weighted by molar-refractivity contribution is -0.527. The predicted octanol–water partition coefficient (Wildman–Crippen LogP) is 1.93. The molecular formula is C29H48N6O7. The minimum absolute atomic E-state index is 0.0536. The number of piperazine rings is 1. The monoisotopic (exact) mass is 592 g/mol. The van der Waals surface area contributed by atoms with E-state index in [1.54, 1.807) is 0 Å². The third-order valence-electron chi connectivity index (χ3n) is 10.1. The van der Waals surface area contributed by atoms with Gasteiger partial charge in [-0.15, -0.1) is 0 Å². The van der Waals surface area contributed by atoms with E-state index >= 15 is 0 Å². The first-order chi connectivity index (χ1) is 20.3. The molecule has 42 heavy (non-hydrogen) atoms. The highest BCUT2D eigenvalue weighted by molar-refractivity contribution is 6.01. The third kappa shape index (κ3) is 7.59. The molecule has 3 aliphatic heterocycles. The smallest absolute Gasteiger partial charge is 0.434 e. The molecule has 0 aromatic rings. The van der Waals surface area contributed by atoms with Crippen molar-refractivity contribution in [2.24, 2.45) is 11.3 Å². The van der Waals surface area contributed by atoms with Crippen LogP contribution in [-0.4, -0.2) is 115 Å². The zero-order valence-corrected chi connectivity index (χ0v) is 24.8. The number of nitro groups is 1. The van der Waals surface area contributed by atoms with Gasteiger partial charge in [-0.2, -0.15) is 0 Å². The van der Waals surface area contributed by atoms with Gasteiger partial charge in [0.25, 0.3) is 5.91 Å². The van der Waals surface area contributed by atoms with E-state index in [-0.39, 0.29) is 36.1 Å². The molecule has 0 radical (unpaired) electrons. The molecule has 2 amide bonds. The molecular weight excluding hydrogens is 544 g/mol. The lowest BCUT2D eigenvalue weighted by Gasteiger charge is -2.43. The molecule has 5 fully saturated rings. The number of nitrogens with one attached hydrogen (secondary N) is 2. The summed E-state index contributed by atoms with van der Waals surface area (Å²) in [4.78, 5) is 56.4. The number of amides is 2. The highest BCUT2D eigenvalue weighted by Gasteiger charge is 2.55. The van der Waals surface area contributed by atoms with Crippen LogP contribution in [0, 0.1) is 21.4 Å². The summed E-state index contributed by atoms with van der Waals surface area (Å²) in [6, 6.07) is -0.523. The average Bonchev–Trinajstić information content (AvgIpc) is 3.47. The van der Waals surface area contributed by atoms with Crippen LogP contribution in [0.15, 0.2) is 0 Å². The van der Waals surface area contributed by atoms with Gasteiger partial charge in [0.15, 0.2) is 6.10 Å². The standard InChI is InChI=1S/C29H48N6O7/c36-24-20-29(10-1-2-11-29)25(42-28(38)41-21-22-6-8-23(9-7-22)35(39)40)26(37)34(24)15-4-3-14-32-16-18-33(19-17-32)27-30-12-5-13-31-27/h22-23,25,27,30-31H,1-21H2. The van der Waals surface area contributed by atoms with E-state index in [2.05, 4.69) is 20.4 Å². The molecule has 0 aromatic heterocycles. The number of rotatable bonds is 10. The second kappa shape index (κ2) is 14.4. The Kier molecular flexibility index (Phi) is 10.7. The molecule has 1 spiro atoms. The zero-order chi connectivity index (χ0) is 29.5. The maximum Gasteiger partial charge on any atom is 0.509 e. The van der Waals surface area contributed by atoms with Crippen molar-refractivity contribution >= 4 is 18.0 Å². The van der Waals surface area contributed by atoms with Gasteiger partial charge in [0.2, 0.25) is 11.9 Å². The highest BCUT2D eigenvalue weighted by atomic mass is 16.7. The third-order valence-corrected chi connectivity index (χ3v) is 10.1. The molecule has 0 aromatic carbocycles. The van der Waals surface area contributed by atoms with Gasteiger partial charge in [-0.1, -0.05) is 12.8 Å². The first-order valence-corrected chi connectivity index (χ1v) is 16.1. The predicted molar refractivity (Wildman–Crippen MR) is 153 cm³/mol. The quantitative estimate of drug-likeness (QED) is 0.126. The number of ether oxygens (including phenoxy) is 2. The molecule has 236 valence electrons. The van der Waals surface area contributed by atoms with E-state index in [0.29, 0.717) is 51.5 Å². The Morgan fingerprint density at radius 2 is 1.62 bits per heavy atom. The minimum Gasteiger partial charge on any atom is -0.434 e. The number of piperidine rings is 1. The summed E-state index contributed by atoms with van der Waals surface area (Å²) in [5.41, 5.74) is -0.644. The Bertz CT molecular complexity index is 954. The van der Waals surface area contributed by atoms with Crippen LogP contribution >= 0.6 is 0 Å².